The fourth-order valence-electron chi connectivity index (χ4n) is 1.90. The average Bonchev–Trinajstić information content (AvgIpc) is 2.38. The van der Waals surface area contributed by atoms with Gasteiger partial charge in [-0.3, -0.25) is 0 Å². The number of alkyl carbamates (subject to hydrolysis) is 1. The van der Waals surface area contributed by atoms with Gasteiger partial charge in [0.15, 0.2) is 0 Å². The lowest BCUT2D eigenvalue weighted by atomic mass is 10.1. The monoisotopic (exact) mass is 272 g/mol. The van der Waals surface area contributed by atoms with Crippen LogP contribution < -0.4 is 11.1 Å². The number of rotatable bonds is 12. The quantitative estimate of drug-likeness (QED) is 0.418. The lowest BCUT2D eigenvalue weighted by molar-refractivity contribution is 0.140. The molecule has 0 aliphatic heterocycles. The Morgan fingerprint density at radius 2 is 1.58 bits per heavy atom. The first kappa shape index (κ1) is 18.2. The zero-order valence-electron chi connectivity index (χ0n) is 12.7. The van der Waals surface area contributed by atoms with Gasteiger partial charge in [0, 0.05) is 0 Å². The molecule has 0 aliphatic carbocycles. The van der Waals surface area contributed by atoms with Crippen molar-refractivity contribution < 1.29 is 9.53 Å². The van der Waals surface area contributed by atoms with Gasteiger partial charge >= 0.3 is 6.09 Å². The van der Waals surface area contributed by atoms with Crippen LogP contribution in [-0.2, 0) is 4.74 Å². The van der Waals surface area contributed by atoms with Crippen molar-refractivity contribution in [3.8, 4) is 0 Å². The smallest absolute Gasteiger partial charge is 0.408 e. The second-order valence-corrected chi connectivity index (χ2v) is 5.15. The van der Waals surface area contributed by atoms with Gasteiger partial charge in [0.25, 0.3) is 0 Å². The Morgan fingerprint density at radius 1 is 1.00 bits per heavy atom. The van der Waals surface area contributed by atoms with Crippen LogP contribution in [0.15, 0.2) is 0 Å². The molecule has 1 amide bonds. The molecule has 0 aromatic carbocycles. The first-order valence-electron chi connectivity index (χ1n) is 7.89. The van der Waals surface area contributed by atoms with Gasteiger partial charge in [0.2, 0.25) is 0 Å². The van der Waals surface area contributed by atoms with Crippen LogP contribution in [0.3, 0.4) is 0 Å². The Kier molecular flexibility index (Phi) is 13.1. The summed E-state index contributed by atoms with van der Waals surface area (Å²) in [7, 11) is 0. The number of nitrogens with one attached hydrogen (secondary N) is 1. The zero-order chi connectivity index (χ0) is 14.3. The second-order valence-electron chi connectivity index (χ2n) is 5.15. The molecule has 1 unspecified atom stereocenters. The summed E-state index contributed by atoms with van der Waals surface area (Å²) in [6.07, 6.45) is 10.9. The summed E-state index contributed by atoms with van der Waals surface area (Å²) < 4.78 is 4.99. The normalized spacial score (nSPS) is 12.2. The van der Waals surface area contributed by atoms with E-state index in [1.165, 1.54) is 38.5 Å². The number of hydrogen-bond donors (Lipinski definition) is 2. The summed E-state index contributed by atoms with van der Waals surface area (Å²) in [5, 5.41) is 2.67. The van der Waals surface area contributed by atoms with Crippen molar-refractivity contribution in [2.45, 2.75) is 84.2 Å². The molecule has 0 saturated heterocycles. The molecule has 4 nitrogen and oxygen atoms in total. The SMILES string of the molecule is CCCCCCCCCC(N)NC(=O)OCCCC. The van der Waals surface area contributed by atoms with Crippen LogP contribution in [0.2, 0.25) is 0 Å². The van der Waals surface area contributed by atoms with E-state index in [0.717, 1.165) is 25.7 Å². The van der Waals surface area contributed by atoms with Crippen LogP contribution in [0.5, 0.6) is 0 Å². The maximum Gasteiger partial charge on any atom is 0.408 e. The Labute approximate surface area is 118 Å². The molecule has 0 aromatic rings. The van der Waals surface area contributed by atoms with Gasteiger partial charge in [-0.2, -0.15) is 0 Å². The van der Waals surface area contributed by atoms with Gasteiger partial charge in [0.05, 0.1) is 12.8 Å². The van der Waals surface area contributed by atoms with Crippen molar-refractivity contribution in [1.29, 1.82) is 0 Å². The molecular weight excluding hydrogens is 240 g/mol. The van der Waals surface area contributed by atoms with E-state index < -0.39 is 0 Å². The number of carbonyl (C=O) groups excluding carboxylic acids is 1. The summed E-state index contributed by atoms with van der Waals surface area (Å²) in [4.78, 5) is 11.3. The highest BCUT2D eigenvalue weighted by atomic mass is 16.5. The molecule has 0 fully saturated rings. The molecule has 0 saturated carbocycles. The first-order chi connectivity index (χ1) is 9.20. The van der Waals surface area contributed by atoms with Gasteiger partial charge in [-0.25, -0.2) is 4.79 Å². The number of unbranched alkanes of at least 4 members (excludes halogenated alkanes) is 7. The van der Waals surface area contributed by atoms with Crippen LogP contribution in [-0.4, -0.2) is 18.9 Å². The zero-order valence-corrected chi connectivity index (χ0v) is 12.7. The Morgan fingerprint density at radius 3 is 2.21 bits per heavy atom. The third-order valence-corrected chi connectivity index (χ3v) is 3.15. The standard InChI is InChI=1S/C15H32N2O2/c1-3-5-7-8-9-10-11-12-14(16)17-15(18)19-13-6-4-2/h14H,3-13,16H2,1-2H3,(H,17,18). The van der Waals surface area contributed by atoms with E-state index in [4.69, 9.17) is 10.5 Å². The van der Waals surface area contributed by atoms with Crippen molar-refractivity contribution in [3.63, 3.8) is 0 Å². The average molecular weight is 272 g/mol. The molecule has 0 radical (unpaired) electrons. The number of hydrogen-bond acceptors (Lipinski definition) is 3. The minimum absolute atomic E-state index is 0.273. The highest BCUT2D eigenvalue weighted by Gasteiger charge is 2.07. The molecule has 0 aliphatic rings. The summed E-state index contributed by atoms with van der Waals surface area (Å²) in [5.41, 5.74) is 5.83. The van der Waals surface area contributed by atoms with Crippen molar-refractivity contribution in [1.82, 2.24) is 5.32 Å². The number of amides is 1. The van der Waals surface area contributed by atoms with Crippen molar-refractivity contribution >= 4 is 6.09 Å². The third-order valence-electron chi connectivity index (χ3n) is 3.15. The van der Waals surface area contributed by atoms with E-state index in [-0.39, 0.29) is 12.3 Å². The molecule has 3 N–H and O–H groups in total. The molecule has 1 atom stereocenters. The summed E-state index contributed by atoms with van der Waals surface area (Å²) >= 11 is 0. The van der Waals surface area contributed by atoms with Crippen LogP contribution in [0.25, 0.3) is 0 Å². The predicted molar refractivity (Wildman–Crippen MR) is 80.0 cm³/mol. The Bertz CT molecular complexity index is 210. The molecule has 0 aromatic heterocycles. The highest BCUT2D eigenvalue weighted by Crippen LogP contribution is 2.08. The van der Waals surface area contributed by atoms with E-state index in [9.17, 15) is 4.79 Å². The van der Waals surface area contributed by atoms with E-state index in [1.807, 2.05) is 0 Å². The number of nitrogens with two attached hydrogens (primary N) is 1. The molecule has 114 valence electrons. The number of carbonyl (C=O) groups is 1. The highest BCUT2D eigenvalue weighted by molar-refractivity contribution is 5.67. The van der Waals surface area contributed by atoms with Gasteiger partial charge in [-0.05, 0) is 12.8 Å². The molecule has 0 heterocycles. The largest absolute Gasteiger partial charge is 0.450 e. The van der Waals surface area contributed by atoms with E-state index in [0.29, 0.717) is 6.61 Å². The van der Waals surface area contributed by atoms with Crippen LogP contribution in [0.4, 0.5) is 4.79 Å². The Balaban J connectivity index is 3.33. The molecule has 0 rings (SSSR count). The van der Waals surface area contributed by atoms with Crippen LogP contribution >= 0.6 is 0 Å². The van der Waals surface area contributed by atoms with E-state index >= 15 is 0 Å². The van der Waals surface area contributed by atoms with Crippen LogP contribution in [0.1, 0.15) is 78.1 Å². The van der Waals surface area contributed by atoms with Gasteiger partial charge in [-0.15, -0.1) is 0 Å². The third kappa shape index (κ3) is 13.5. The lowest BCUT2D eigenvalue weighted by Crippen LogP contribution is -2.41. The number of ether oxygens (including phenoxy) is 1. The summed E-state index contributed by atoms with van der Waals surface area (Å²) in [5.74, 6) is 0. The van der Waals surface area contributed by atoms with Crippen LogP contribution in [0, 0.1) is 0 Å². The summed E-state index contributed by atoms with van der Waals surface area (Å²) in [6.45, 7) is 4.77. The fourth-order valence-corrected chi connectivity index (χ4v) is 1.90. The second kappa shape index (κ2) is 13.7. The Hall–Kier alpha value is -0.770. The first-order valence-corrected chi connectivity index (χ1v) is 7.89. The maximum atomic E-state index is 11.3. The van der Waals surface area contributed by atoms with Gasteiger partial charge < -0.3 is 15.8 Å². The molecule has 4 heteroatoms. The van der Waals surface area contributed by atoms with E-state index in [2.05, 4.69) is 19.2 Å². The minimum Gasteiger partial charge on any atom is -0.450 e. The lowest BCUT2D eigenvalue weighted by Gasteiger charge is -2.13. The molecule has 19 heavy (non-hydrogen) atoms. The van der Waals surface area contributed by atoms with E-state index in [1.54, 1.807) is 0 Å². The van der Waals surface area contributed by atoms with Crippen molar-refractivity contribution in [2.75, 3.05) is 6.61 Å². The fraction of sp³-hybridized carbons (Fsp3) is 0.933. The maximum absolute atomic E-state index is 11.3. The van der Waals surface area contributed by atoms with Crippen molar-refractivity contribution in [3.05, 3.63) is 0 Å². The van der Waals surface area contributed by atoms with Crippen molar-refractivity contribution in [2.24, 2.45) is 5.73 Å². The molecular formula is C15H32N2O2. The molecule has 0 bridgehead atoms. The topological polar surface area (TPSA) is 64.3 Å². The minimum atomic E-state index is -0.385. The van der Waals surface area contributed by atoms with Gasteiger partial charge in [0.1, 0.15) is 0 Å². The molecule has 0 spiro atoms. The van der Waals surface area contributed by atoms with Gasteiger partial charge in [-0.1, -0.05) is 65.2 Å². The summed E-state index contributed by atoms with van der Waals surface area (Å²) in [6, 6.07) is 0. The predicted octanol–water partition coefficient (Wildman–Crippen LogP) is 3.94.